The van der Waals surface area contributed by atoms with E-state index in [0.717, 1.165) is 37.7 Å². The highest BCUT2D eigenvalue weighted by atomic mass is 16.3. The molecule has 2 aliphatic heterocycles. The van der Waals surface area contributed by atoms with E-state index >= 15 is 0 Å². The van der Waals surface area contributed by atoms with Crippen LogP contribution in [0, 0.1) is 0 Å². The Labute approximate surface area is 214 Å². The largest absolute Gasteiger partial charge is 0.451 e. The molecule has 3 heterocycles. The number of carbonyl (C=O) groups is 3. The van der Waals surface area contributed by atoms with E-state index in [1.54, 1.807) is 29.2 Å². The minimum Gasteiger partial charge on any atom is -0.451 e. The second-order valence-electron chi connectivity index (χ2n) is 9.39. The number of para-hydroxylation sites is 2. The van der Waals surface area contributed by atoms with Crippen LogP contribution in [0.5, 0.6) is 0 Å². The van der Waals surface area contributed by atoms with Crippen LogP contribution < -0.4 is 15.6 Å². The van der Waals surface area contributed by atoms with Gasteiger partial charge in [0.25, 0.3) is 11.8 Å². The van der Waals surface area contributed by atoms with E-state index in [-0.39, 0.29) is 29.5 Å². The van der Waals surface area contributed by atoms with Crippen LogP contribution in [0.1, 0.15) is 40.2 Å². The summed E-state index contributed by atoms with van der Waals surface area (Å²) in [5.74, 6) is -0.887. The Morgan fingerprint density at radius 2 is 1.51 bits per heavy atom. The van der Waals surface area contributed by atoms with Crippen LogP contribution in [-0.4, -0.2) is 73.3 Å². The summed E-state index contributed by atoms with van der Waals surface area (Å²) >= 11 is 0. The molecule has 2 aliphatic rings. The van der Waals surface area contributed by atoms with Gasteiger partial charge >= 0.3 is 0 Å². The molecule has 0 bridgehead atoms. The Bertz CT molecular complexity index is 1370. The first-order valence-corrected chi connectivity index (χ1v) is 12.7. The van der Waals surface area contributed by atoms with Gasteiger partial charge in [0, 0.05) is 51.0 Å². The predicted molar refractivity (Wildman–Crippen MR) is 140 cm³/mol. The molecule has 0 atom stereocenters. The lowest BCUT2D eigenvalue weighted by atomic mass is 10.1. The number of nitrogens with zero attached hydrogens (tertiary/aromatic N) is 3. The Kier molecular flexibility index (Phi) is 7.20. The normalized spacial score (nSPS) is 16.1. The zero-order chi connectivity index (χ0) is 25.8. The lowest BCUT2D eigenvalue weighted by Crippen LogP contribution is -2.51. The lowest BCUT2D eigenvalue weighted by Gasteiger charge is -2.37. The third-order valence-corrected chi connectivity index (χ3v) is 7.01. The van der Waals surface area contributed by atoms with Crippen LogP contribution in [-0.2, 0) is 4.79 Å². The highest BCUT2D eigenvalue weighted by molar-refractivity contribution is 6.00. The maximum atomic E-state index is 13.2. The molecule has 1 aromatic heterocycles. The van der Waals surface area contributed by atoms with Crippen molar-refractivity contribution >= 4 is 34.4 Å². The first-order chi connectivity index (χ1) is 18.0. The van der Waals surface area contributed by atoms with Crippen molar-refractivity contribution < 1.29 is 18.8 Å². The van der Waals surface area contributed by atoms with Crippen LogP contribution in [0.2, 0.25) is 0 Å². The summed E-state index contributed by atoms with van der Waals surface area (Å²) in [6.45, 7) is 3.53. The van der Waals surface area contributed by atoms with E-state index in [4.69, 9.17) is 4.42 Å². The highest BCUT2D eigenvalue weighted by Gasteiger charge is 2.26. The average molecular weight is 503 g/mol. The van der Waals surface area contributed by atoms with Crippen molar-refractivity contribution in [2.24, 2.45) is 0 Å². The Hall–Kier alpha value is -4.14. The van der Waals surface area contributed by atoms with Crippen LogP contribution >= 0.6 is 0 Å². The number of carbonyl (C=O) groups excluding carboxylic acids is 3. The van der Waals surface area contributed by atoms with E-state index in [2.05, 4.69) is 10.2 Å². The minimum absolute atomic E-state index is 0.0665. The van der Waals surface area contributed by atoms with Gasteiger partial charge in [-0.1, -0.05) is 24.3 Å². The Morgan fingerprint density at radius 3 is 2.30 bits per heavy atom. The van der Waals surface area contributed by atoms with E-state index < -0.39 is 5.91 Å². The van der Waals surface area contributed by atoms with Crippen molar-refractivity contribution in [3.63, 3.8) is 0 Å². The molecule has 9 heteroatoms. The summed E-state index contributed by atoms with van der Waals surface area (Å²) in [7, 11) is 0. The van der Waals surface area contributed by atoms with Crippen LogP contribution in [0.3, 0.4) is 0 Å². The third kappa shape index (κ3) is 5.35. The molecular weight excluding hydrogens is 472 g/mol. The number of rotatable bonds is 5. The SMILES string of the molecule is O=C(NCC(=O)N1CCN(c2ccccc2C(=O)N2CCCCC2)CC1)c1cc(=O)c2ccccc2o1. The number of amides is 3. The summed E-state index contributed by atoms with van der Waals surface area (Å²) in [4.78, 5) is 56.5. The van der Waals surface area contributed by atoms with Crippen molar-refractivity contribution in [2.75, 3.05) is 50.7 Å². The fraction of sp³-hybridized carbons (Fsp3) is 0.357. The molecule has 0 spiro atoms. The first kappa shape index (κ1) is 24.5. The van der Waals surface area contributed by atoms with Crippen LogP contribution in [0.4, 0.5) is 5.69 Å². The van der Waals surface area contributed by atoms with Gasteiger partial charge in [0.15, 0.2) is 11.2 Å². The summed E-state index contributed by atoms with van der Waals surface area (Å²) < 4.78 is 5.54. The molecule has 9 nitrogen and oxygen atoms in total. The maximum absolute atomic E-state index is 13.2. The van der Waals surface area contributed by atoms with Gasteiger partial charge in [0.2, 0.25) is 5.91 Å². The number of fused-ring (bicyclic) bond motifs is 1. The van der Waals surface area contributed by atoms with Gasteiger partial charge in [-0.05, 0) is 43.5 Å². The van der Waals surface area contributed by atoms with Gasteiger partial charge in [0.1, 0.15) is 5.58 Å². The molecule has 2 aromatic carbocycles. The molecule has 0 radical (unpaired) electrons. The van der Waals surface area contributed by atoms with E-state index in [9.17, 15) is 19.2 Å². The number of anilines is 1. The smallest absolute Gasteiger partial charge is 0.287 e. The topological polar surface area (TPSA) is 103 Å². The second kappa shape index (κ2) is 10.9. The van der Waals surface area contributed by atoms with Crippen LogP contribution in [0.25, 0.3) is 11.0 Å². The van der Waals surface area contributed by atoms with Crippen LogP contribution in [0.15, 0.2) is 63.8 Å². The molecule has 0 unspecified atom stereocenters. The van der Waals surface area contributed by atoms with E-state index in [0.29, 0.717) is 42.7 Å². The van der Waals surface area contributed by atoms with Crippen molar-refractivity contribution in [3.05, 3.63) is 76.1 Å². The van der Waals surface area contributed by atoms with Gasteiger partial charge in [-0.2, -0.15) is 0 Å². The average Bonchev–Trinajstić information content (AvgIpc) is 2.96. The predicted octanol–water partition coefficient (Wildman–Crippen LogP) is 2.50. The number of piperidine rings is 1. The van der Waals surface area contributed by atoms with Gasteiger partial charge in [-0.25, -0.2) is 0 Å². The number of benzene rings is 2. The van der Waals surface area contributed by atoms with Gasteiger partial charge in [-0.15, -0.1) is 0 Å². The molecule has 2 saturated heterocycles. The summed E-state index contributed by atoms with van der Waals surface area (Å²) in [6.07, 6.45) is 3.25. The molecule has 3 aromatic rings. The zero-order valence-corrected chi connectivity index (χ0v) is 20.7. The number of nitrogens with one attached hydrogen (secondary N) is 1. The minimum atomic E-state index is -0.611. The van der Waals surface area contributed by atoms with Crippen molar-refractivity contribution in [3.8, 4) is 0 Å². The summed E-state index contributed by atoms with van der Waals surface area (Å²) in [5.41, 5.74) is 1.60. The molecule has 5 rings (SSSR count). The second-order valence-corrected chi connectivity index (χ2v) is 9.39. The van der Waals surface area contributed by atoms with Crippen molar-refractivity contribution in [1.29, 1.82) is 0 Å². The molecular formula is C28H30N4O5. The molecule has 1 N–H and O–H groups in total. The molecule has 37 heavy (non-hydrogen) atoms. The third-order valence-electron chi connectivity index (χ3n) is 7.01. The molecule has 0 saturated carbocycles. The Balaban J connectivity index is 1.17. The molecule has 2 fully saturated rings. The van der Waals surface area contributed by atoms with Gasteiger partial charge < -0.3 is 24.4 Å². The monoisotopic (exact) mass is 502 g/mol. The lowest BCUT2D eigenvalue weighted by molar-refractivity contribution is -0.130. The maximum Gasteiger partial charge on any atom is 0.287 e. The quantitative estimate of drug-likeness (QED) is 0.575. The number of piperazine rings is 1. The number of hydrogen-bond acceptors (Lipinski definition) is 6. The van der Waals surface area contributed by atoms with Crippen molar-refractivity contribution in [2.45, 2.75) is 19.3 Å². The van der Waals surface area contributed by atoms with Gasteiger partial charge in [0.05, 0.1) is 17.5 Å². The van der Waals surface area contributed by atoms with Gasteiger partial charge in [-0.3, -0.25) is 19.2 Å². The highest BCUT2D eigenvalue weighted by Crippen LogP contribution is 2.25. The Morgan fingerprint density at radius 1 is 0.811 bits per heavy atom. The standard InChI is InChI=1S/C28H30N4O5/c33-23-18-25(37-24-11-5-3-9-21(23)24)27(35)29-19-26(34)31-16-14-30(15-17-31)22-10-4-2-8-20(22)28(36)32-12-6-1-7-13-32/h2-5,8-11,18H,1,6-7,12-17,19H2,(H,29,35). The number of hydrogen-bond donors (Lipinski definition) is 1. The fourth-order valence-corrected chi connectivity index (χ4v) is 4.96. The summed E-state index contributed by atoms with van der Waals surface area (Å²) in [6, 6.07) is 15.5. The fourth-order valence-electron chi connectivity index (χ4n) is 4.96. The zero-order valence-electron chi connectivity index (χ0n) is 20.7. The first-order valence-electron chi connectivity index (χ1n) is 12.7. The van der Waals surface area contributed by atoms with E-state index in [1.807, 2.05) is 29.2 Å². The van der Waals surface area contributed by atoms with Crippen molar-refractivity contribution in [1.82, 2.24) is 15.1 Å². The molecule has 3 amide bonds. The molecule has 192 valence electrons. The number of likely N-dealkylation sites (tertiary alicyclic amines) is 1. The molecule has 0 aliphatic carbocycles. The summed E-state index contributed by atoms with van der Waals surface area (Å²) in [5, 5.41) is 2.96. The van der Waals surface area contributed by atoms with E-state index in [1.165, 1.54) is 6.42 Å².